The molecule has 2 atom stereocenters. The zero-order valence-corrected chi connectivity index (χ0v) is 40.6. The summed E-state index contributed by atoms with van der Waals surface area (Å²) < 4.78 is 13.2. The van der Waals surface area contributed by atoms with Crippen LogP contribution in [0.4, 0.5) is 15.4 Å². The van der Waals surface area contributed by atoms with E-state index in [0.717, 1.165) is 44.7 Å². The van der Waals surface area contributed by atoms with Crippen LogP contribution < -0.4 is 15.6 Å². The summed E-state index contributed by atoms with van der Waals surface area (Å²) in [5.41, 5.74) is 6.14. The van der Waals surface area contributed by atoms with Crippen LogP contribution in [0, 0.1) is 16.7 Å². The molecule has 18 heteroatoms. The second kappa shape index (κ2) is 20.4. The molecule has 1 unspecified atom stereocenters. The van der Waals surface area contributed by atoms with Crippen molar-refractivity contribution in [2.24, 2.45) is 5.41 Å². The molecule has 0 bridgehead atoms. The molecule has 17 nitrogen and oxygen atoms in total. The average Bonchev–Trinajstić information content (AvgIpc) is 3.92. The Morgan fingerprint density at radius 3 is 2.38 bits per heavy atom. The molecule has 3 amide bonds. The number of aromatic nitrogens is 3. The molecule has 7 rings (SSSR count). The van der Waals surface area contributed by atoms with Gasteiger partial charge in [0.2, 0.25) is 0 Å². The average molecular weight is 948 g/mol. The summed E-state index contributed by atoms with van der Waals surface area (Å²) >= 11 is 1.33. The lowest BCUT2D eigenvalue weighted by atomic mass is 9.84. The molecule has 2 fully saturated rings. The van der Waals surface area contributed by atoms with Crippen LogP contribution in [-0.2, 0) is 44.1 Å². The normalized spacial score (nSPS) is 16.3. The Morgan fingerprint density at radius 2 is 1.71 bits per heavy atom. The number of carboxylic acid groups (broad SMARTS) is 1. The van der Waals surface area contributed by atoms with Gasteiger partial charge in [0.15, 0.2) is 0 Å². The summed E-state index contributed by atoms with van der Waals surface area (Å²) in [4.78, 5) is 65.3. The van der Waals surface area contributed by atoms with Crippen LogP contribution in [-0.4, -0.2) is 116 Å². The predicted octanol–water partition coefficient (Wildman–Crippen LogP) is 7.12. The fraction of sp³-hybridized carbons (Fsp3) is 0.460. The number of aliphatic hydroxyl groups excluding tert-OH is 1. The van der Waals surface area contributed by atoms with Gasteiger partial charge in [-0.15, -0.1) is 11.3 Å². The van der Waals surface area contributed by atoms with Gasteiger partial charge in [-0.3, -0.25) is 14.6 Å². The van der Waals surface area contributed by atoms with Gasteiger partial charge in [-0.25, -0.2) is 25.0 Å². The Labute approximate surface area is 400 Å². The number of rotatable bonds is 14. The molecule has 0 aliphatic carbocycles. The van der Waals surface area contributed by atoms with Gasteiger partial charge in [0.25, 0.3) is 5.91 Å². The fourth-order valence-corrected chi connectivity index (χ4v) is 9.35. The maximum Gasteiger partial charge on any atom is 0.410 e. The topological polar surface area (TPSA) is 215 Å². The highest BCUT2D eigenvalue weighted by Crippen LogP contribution is 2.43. The summed E-state index contributed by atoms with van der Waals surface area (Å²) in [7, 11) is 0. The number of carbonyl (C=O) groups excluding carboxylic acids is 3. The van der Waals surface area contributed by atoms with E-state index in [1.54, 1.807) is 31.9 Å². The molecule has 2 saturated heterocycles. The smallest absolute Gasteiger partial charge is 0.410 e. The first kappa shape index (κ1) is 49.4. The van der Waals surface area contributed by atoms with Crippen LogP contribution in [0.1, 0.15) is 77.4 Å². The SMILES string of the molecule is CC(C)(CO)Cc1c(-c2ccnc(N3CCN(C(=O)OCc4ccccc4)CC3)c2)n(C(C)(C)C#N)c2ccc(-c3csc(CC(NC(=O)OC(C)(C)C)C(=O)N4CCC[C@@H](C(=O)O)N4)n3)cc12. The maximum atomic E-state index is 13.9. The molecule has 2 aromatic carbocycles. The van der Waals surface area contributed by atoms with Crippen molar-refractivity contribution in [1.29, 1.82) is 5.26 Å². The van der Waals surface area contributed by atoms with Crippen molar-refractivity contribution in [3.8, 4) is 28.6 Å². The van der Waals surface area contributed by atoms with Gasteiger partial charge in [0.05, 0.1) is 28.0 Å². The molecular formula is C50H61N9O8S. The van der Waals surface area contributed by atoms with Gasteiger partial charge < -0.3 is 39.4 Å². The molecule has 0 spiro atoms. The number of carboxylic acids is 1. The Bertz CT molecular complexity index is 2680. The quantitative estimate of drug-likeness (QED) is 0.0874. The first-order valence-corrected chi connectivity index (χ1v) is 23.8. The molecule has 68 heavy (non-hydrogen) atoms. The van der Waals surface area contributed by atoms with Crippen LogP contribution in [0.5, 0.6) is 0 Å². The van der Waals surface area contributed by atoms with Crippen molar-refractivity contribution in [3.63, 3.8) is 0 Å². The summed E-state index contributed by atoms with van der Waals surface area (Å²) in [6.07, 6.45) is 1.93. The third kappa shape index (κ3) is 11.6. The van der Waals surface area contributed by atoms with Gasteiger partial charge in [0.1, 0.15) is 35.6 Å². The first-order chi connectivity index (χ1) is 32.3. The number of fused-ring (bicyclic) bond motifs is 1. The van der Waals surface area contributed by atoms with Crippen molar-refractivity contribution in [3.05, 3.63) is 88.4 Å². The number of amides is 3. The number of aliphatic carboxylic acids is 1. The highest BCUT2D eigenvalue weighted by atomic mass is 32.1. The standard InChI is InChI=1S/C50H61N9O8S/c1-48(2,3)67-46(64)54-38(44(61)58-19-11-14-37(55-58)45(62)63)26-42-53-39(29-68-42)33-15-16-40-35(24-33)36(27-49(4,5)31-60)43(59(40)50(6,7)30-51)34-17-18-52-41(25-34)56-20-22-57(23-21-56)47(65)66-28-32-12-9-8-10-13-32/h8-10,12-13,15-18,24-25,29,37-38,55,60H,11,14,19-23,26-28,31H2,1-7H3,(H,54,64)(H,62,63)/t37-,38?/m0/s1. The molecule has 5 heterocycles. The molecule has 2 aliphatic rings. The van der Waals surface area contributed by atoms with Crippen molar-refractivity contribution in [1.82, 2.24) is 35.2 Å². The van der Waals surface area contributed by atoms with Crippen LogP contribution >= 0.6 is 11.3 Å². The van der Waals surface area contributed by atoms with E-state index in [0.29, 0.717) is 56.1 Å². The number of hydrazine groups is 1. The van der Waals surface area contributed by atoms with E-state index in [9.17, 15) is 34.7 Å². The number of benzene rings is 2. The Morgan fingerprint density at radius 1 is 0.971 bits per heavy atom. The molecule has 5 aromatic rings. The van der Waals surface area contributed by atoms with E-state index >= 15 is 0 Å². The van der Waals surface area contributed by atoms with Crippen molar-refractivity contribution < 1.29 is 38.9 Å². The Kier molecular flexibility index (Phi) is 14.8. The van der Waals surface area contributed by atoms with E-state index in [2.05, 4.69) is 26.3 Å². The van der Waals surface area contributed by atoms with Crippen LogP contribution in [0.2, 0.25) is 0 Å². The van der Waals surface area contributed by atoms with Gasteiger partial charge >= 0.3 is 18.2 Å². The number of alkyl carbamates (subject to hydrolysis) is 1. The number of hydrogen-bond acceptors (Lipinski definition) is 13. The summed E-state index contributed by atoms with van der Waals surface area (Å²) in [6.45, 7) is 15.3. The van der Waals surface area contributed by atoms with Gasteiger partial charge in [-0.1, -0.05) is 50.2 Å². The highest BCUT2D eigenvalue weighted by molar-refractivity contribution is 7.10. The predicted molar refractivity (Wildman–Crippen MR) is 259 cm³/mol. The second-order valence-corrected chi connectivity index (χ2v) is 20.6. The lowest BCUT2D eigenvalue weighted by molar-refractivity contribution is -0.147. The minimum Gasteiger partial charge on any atom is -0.480 e. The lowest BCUT2D eigenvalue weighted by Crippen LogP contribution is -2.60. The molecule has 360 valence electrons. The van der Waals surface area contributed by atoms with Crippen molar-refractivity contribution >= 4 is 52.1 Å². The second-order valence-electron chi connectivity index (χ2n) is 19.7. The number of nitrogens with one attached hydrogen (secondary N) is 2. The number of pyridine rings is 1. The monoisotopic (exact) mass is 947 g/mol. The Hall–Kier alpha value is -6.55. The minimum absolute atomic E-state index is 0.0193. The molecule has 3 aromatic heterocycles. The fourth-order valence-electron chi connectivity index (χ4n) is 8.50. The van der Waals surface area contributed by atoms with Crippen LogP contribution in [0.15, 0.2) is 72.2 Å². The number of nitriles is 1. The molecule has 0 saturated carbocycles. The largest absolute Gasteiger partial charge is 0.480 e. The third-order valence-electron chi connectivity index (χ3n) is 12.0. The van der Waals surface area contributed by atoms with E-state index in [1.165, 1.54) is 16.3 Å². The number of nitrogens with zero attached hydrogens (tertiary/aromatic N) is 7. The molecular weight excluding hydrogens is 887 g/mol. The van der Waals surface area contributed by atoms with Crippen molar-refractivity contribution in [2.75, 3.05) is 44.2 Å². The number of anilines is 1. The first-order valence-electron chi connectivity index (χ1n) is 22.9. The Balaban J connectivity index is 1.20. The number of piperazine rings is 1. The minimum atomic E-state index is -1.11. The summed E-state index contributed by atoms with van der Waals surface area (Å²) in [6, 6.07) is 20.0. The van der Waals surface area contributed by atoms with E-state index in [1.807, 2.05) is 93.7 Å². The zero-order valence-electron chi connectivity index (χ0n) is 39.7. The van der Waals surface area contributed by atoms with Crippen LogP contribution in [0.25, 0.3) is 33.4 Å². The van der Waals surface area contributed by atoms with E-state index in [4.69, 9.17) is 19.4 Å². The van der Waals surface area contributed by atoms with E-state index in [-0.39, 0.29) is 32.3 Å². The van der Waals surface area contributed by atoms with Gasteiger partial charge in [0, 0.05) is 73.8 Å². The maximum absolute atomic E-state index is 13.9. The zero-order chi connectivity index (χ0) is 49.0. The molecule has 4 N–H and O–H groups in total. The number of thiazole rings is 1. The van der Waals surface area contributed by atoms with Gasteiger partial charge in [-0.2, -0.15) is 5.26 Å². The van der Waals surface area contributed by atoms with E-state index < -0.39 is 46.6 Å². The summed E-state index contributed by atoms with van der Waals surface area (Å²) in [5, 5.41) is 38.3. The molecule has 0 radical (unpaired) electrons. The highest BCUT2D eigenvalue weighted by Gasteiger charge is 2.35. The number of carbonyl (C=O) groups is 4. The number of hydrogen-bond donors (Lipinski definition) is 4. The number of ether oxygens (including phenoxy) is 2. The lowest BCUT2D eigenvalue weighted by Gasteiger charge is -2.35. The van der Waals surface area contributed by atoms with Crippen LogP contribution in [0.3, 0.4) is 0 Å². The van der Waals surface area contributed by atoms with Gasteiger partial charge in [-0.05, 0) is 94.7 Å². The number of aliphatic hydroxyl groups is 1. The summed E-state index contributed by atoms with van der Waals surface area (Å²) in [5.74, 6) is -0.852. The third-order valence-corrected chi connectivity index (χ3v) is 12.9. The molecule has 2 aliphatic heterocycles. The van der Waals surface area contributed by atoms with Crippen molar-refractivity contribution in [2.45, 2.75) is 104 Å².